The number of rotatable bonds is 6. The van der Waals surface area contributed by atoms with Crippen molar-refractivity contribution in [2.45, 2.75) is 37.3 Å². The number of halogens is 2. The molecule has 1 aromatic carbocycles. The van der Waals surface area contributed by atoms with Gasteiger partial charge >= 0.3 is 12.6 Å². The maximum Gasteiger partial charge on any atom is 0.387 e. The van der Waals surface area contributed by atoms with Gasteiger partial charge in [0.2, 0.25) is 5.91 Å². The third-order valence-corrected chi connectivity index (χ3v) is 5.94. The highest BCUT2D eigenvalue weighted by atomic mass is 32.2. The first-order chi connectivity index (χ1) is 12.8. The number of para-hydroxylation sites is 2. The van der Waals surface area contributed by atoms with Crippen LogP contribution in [-0.4, -0.2) is 52.6 Å². The molecule has 2 atom stereocenters. The Morgan fingerprint density at radius 1 is 1.41 bits per heavy atom. The van der Waals surface area contributed by atoms with Crippen molar-refractivity contribution in [3.05, 3.63) is 24.3 Å². The lowest BCUT2D eigenvalue weighted by atomic mass is 10.2. The van der Waals surface area contributed by atoms with Gasteiger partial charge in [0.25, 0.3) is 5.91 Å². The van der Waals surface area contributed by atoms with E-state index in [0.717, 1.165) is 0 Å². The Kier molecular flexibility index (Phi) is 5.54. The van der Waals surface area contributed by atoms with Crippen molar-refractivity contribution in [2.24, 2.45) is 0 Å². The molecule has 0 aliphatic carbocycles. The SMILES string of the molecule is C[C@@]12CCC(=O)N1[C@H](C(=O)OCC(=O)Nc1ccccc1OC(F)F)CS2. The van der Waals surface area contributed by atoms with Crippen molar-refractivity contribution in [1.82, 2.24) is 4.90 Å². The Labute approximate surface area is 158 Å². The number of hydrogen-bond donors (Lipinski definition) is 1. The van der Waals surface area contributed by atoms with E-state index in [1.54, 1.807) is 0 Å². The van der Waals surface area contributed by atoms with Gasteiger partial charge in [-0.15, -0.1) is 11.8 Å². The van der Waals surface area contributed by atoms with Gasteiger partial charge < -0.3 is 19.7 Å². The third kappa shape index (κ3) is 4.15. The molecule has 0 aromatic heterocycles. The highest BCUT2D eigenvalue weighted by molar-refractivity contribution is 8.01. The smallest absolute Gasteiger partial charge is 0.387 e. The van der Waals surface area contributed by atoms with E-state index in [0.29, 0.717) is 18.6 Å². The molecule has 2 heterocycles. The van der Waals surface area contributed by atoms with Crippen LogP contribution in [0.2, 0.25) is 0 Å². The Balaban J connectivity index is 1.56. The molecule has 0 bridgehead atoms. The van der Waals surface area contributed by atoms with Crippen molar-refractivity contribution < 1.29 is 32.6 Å². The van der Waals surface area contributed by atoms with Gasteiger partial charge in [-0.05, 0) is 25.5 Å². The van der Waals surface area contributed by atoms with Crippen LogP contribution in [0.5, 0.6) is 5.75 Å². The summed E-state index contributed by atoms with van der Waals surface area (Å²) in [5.41, 5.74) is 0.0394. The Morgan fingerprint density at radius 3 is 2.89 bits per heavy atom. The second-order valence-electron chi connectivity index (χ2n) is 6.30. The van der Waals surface area contributed by atoms with E-state index in [9.17, 15) is 23.2 Å². The molecule has 27 heavy (non-hydrogen) atoms. The molecule has 0 radical (unpaired) electrons. The number of ether oxygens (including phenoxy) is 2. The van der Waals surface area contributed by atoms with Crippen LogP contribution in [0.1, 0.15) is 19.8 Å². The first-order valence-electron chi connectivity index (χ1n) is 8.26. The molecule has 7 nitrogen and oxygen atoms in total. The van der Waals surface area contributed by atoms with E-state index >= 15 is 0 Å². The number of esters is 1. The molecule has 2 fully saturated rings. The monoisotopic (exact) mass is 400 g/mol. The molecule has 0 unspecified atom stereocenters. The van der Waals surface area contributed by atoms with Gasteiger partial charge in [-0.1, -0.05) is 12.1 Å². The molecule has 3 rings (SSSR count). The molecule has 0 saturated carbocycles. The van der Waals surface area contributed by atoms with Gasteiger partial charge in [0.15, 0.2) is 6.61 Å². The van der Waals surface area contributed by atoms with Crippen LogP contribution in [-0.2, 0) is 19.1 Å². The van der Waals surface area contributed by atoms with Gasteiger partial charge in [-0.3, -0.25) is 9.59 Å². The van der Waals surface area contributed by atoms with Gasteiger partial charge in [0.05, 0.1) is 10.6 Å². The van der Waals surface area contributed by atoms with E-state index in [-0.39, 0.29) is 17.3 Å². The fourth-order valence-corrected chi connectivity index (χ4v) is 4.60. The fraction of sp³-hybridized carbons (Fsp3) is 0.471. The standard InChI is InChI=1S/C17H18F2N2O5S/c1-17-7-6-14(23)21(17)11(9-27-17)15(24)25-8-13(22)20-10-4-2-3-5-12(10)26-16(18)19/h2-5,11,16H,6-9H2,1H3,(H,20,22)/t11-,17+/m0/s1. The lowest BCUT2D eigenvalue weighted by molar-refractivity contribution is -0.155. The zero-order valence-corrected chi connectivity index (χ0v) is 15.3. The number of hydrogen-bond acceptors (Lipinski definition) is 6. The molecular formula is C17H18F2N2O5S. The minimum Gasteiger partial charge on any atom is -0.454 e. The minimum absolute atomic E-state index is 0.0394. The van der Waals surface area contributed by atoms with Gasteiger partial charge in [0.1, 0.15) is 11.8 Å². The summed E-state index contributed by atoms with van der Waals surface area (Å²) in [7, 11) is 0. The summed E-state index contributed by atoms with van der Waals surface area (Å²) in [6.45, 7) is -1.72. The number of benzene rings is 1. The zero-order chi connectivity index (χ0) is 19.6. The summed E-state index contributed by atoms with van der Waals surface area (Å²) in [5, 5.41) is 2.36. The third-order valence-electron chi connectivity index (χ3n) is 4.44. The predicted molar refractivity (Wildman–Crippen MR) is 93.4 cm³/mol. The number of carbonyl (C=O) groups excluding carboxylic acids is 3. The van der Waals surface area contributed by atoms with Crippen LogP contribution in [0.15, 0.2) is 24.3 Å². The summed E-state index contributed by atoms with van der Waals surface area (Å²) in [4.78, 5) is 37.5. The van der Waals surface area contributed by atoms with Crippen LogP contribution >= 0.6 is 11.8 Å². The summed E-state index contributed by atoms with van der Waals surface area (Å²) in [6.07, 6.45) is 1.05. The molecule has 1 N–H and O–H groups in total. The van der Waals surface area contributed by atoms with Crippen molar-refractivity contribution in [1.29, 1.82) is 0 Å². The second kappa shape index (κ2) is 7.71. The average Bonchev–Trinajstić information content (AvgIpc) is 3.10. The lowest BCUT2D eigenvalue weighted by Gasteiger charge is -2.29. The number of nitrogens with one attached hydrogen (secondary N) is 1. The van der Waals surface area contributed by atoms with E-state index in [2.05, 4.69) is 10.1 Å². The molecule has 2 saturated heterocycles. The van der Waals surface area contributed by atoms with Crippen LogP contribution in [0.4, 0.5) is 14.5 Å². The number of anilines is 1. The van der Waals surface area contributed by atoms with Gasteiger partial charge in [-0.25, -0.2) is 4.79 Å². The molecule has 2 amide bonds. The van der Waals surface area contributed by atoms with Crippen molar-refractivity contribution in [3.63, 3.8) is 0 Å². The molecule has 1 aromatic rings. The number of fused-ring (bicyclic) bond motifs is 1. The van der Waals surface area contributed by atoms with Crippen LogP contribution in [0.25, 0.3) is 0 Å². The number of alkyl halides is 2. The molecule has 146 valence electrons. The summed E-state index contributed by atoms with van der Waals surface area (Å²) < 4.78 is 34.1. The molecule has 0 spiro atoms. The number of thioether (sulfide) groups is 1. The van der Waals surface area contributed by atoms with E-state index in [4.69, 9.17) is 4.74 Å². The van der Waals surface area contributed by atoms with Crippen LogP contribution < -0.4 is 10.1 Å². The van der Waals surface area contributed by atoms with E-state index in [1.165, 1.54) is 40.9 Å². The summed E-state index contributed by atoms with van der Waals surface area (Å²) in [6, 6.07) is 4.96. The number of carbonyl (C=O) groups is 3. The van der Waals surface area contributed by atoms with Crippen molar-refractivity contribution in [2.75, 3.05) is 17.7 Å². The van der Waals surface area contributed by atoms with Gasteiger partial charge in [-0.2, -0.15) is 8.78 Å². The Morgan fingerprint density at radius 2 is 2.15 bits per heavy atom. The number of nitrogens with zero attached hydrogens (tertiary/aromatic N) is 1. The maximum absolute atomic E-state index is 12.4. The first kappa shape index (κ1) is 19.4. The largest absolute Gasteiger partial charge is 0.454 e. The highest BCUT2D eigenvalue weighted by Crippen LogP contribution is 2.47. The lowest BCUT2D eigenvalue weighted by Crippen LogP contribution is -2.47. The highest BCUT2D eigenvalue weighted by Gasteiger charge is 2.53. The fourth-order valence-electron chi connectivity index (χ4n) is 3.18. The first-order valence-corrected chi connectivity index (χ1v) is 9.25. The topological polar surface area (TPSA) is 84.9 Å². The van der Waals surface area contributed by atoms with Crippen LogP contribution in [0, 0.1) is 0 Å². The maximum atomic E-state index is 12.4. The normalized spacial score (nSPS) is 24.1. The second-order valence-corrected chi connectivity index (χ2v) is 7.80. The Bertz CT molecular complexity index is 763. The van der Waals surface area contributed by atoms with Crippen molar-refractivity contribution >= 4 is 35.2 Å². The number of amides is 2. The van der Waals surface area contributed by atoms with Gasteiger partial charge in [0, 0.05) is 12.2 Å². The molecule has 2 aliphatic heterocycles. The summed E-state index contributed by atoms with van der Waals surface area (Å²) in [5.74, 6) is -1.25. The quantitative estimate of drug-likeness (QED) is 0.737. The Hall–Kier alpha value is -2.36. The molecular weight excluding hydrogens is 382 g/mol. The minimum atomic E-state index is -3.03. The molecule has 2 aliphatic rings. The molecule has 10 heteroatoms. The zero-order valence-electron chi connectivity index (χ0n) is 14.4. The predicted octanol–water partition coefficient (Wildman–Crippen LogP) is 2.22. The summed E-state index contributed by atoms with van der Waals surface area (Å²) >= 11 is 1.52. The van der Waals surface area contributed by atoms with Crippen LogP contribution in [0.3, 0.4) is 0 Å². The van der Waals surface area contributed by atoms with E-state index < -0.39 is 36.0 Å². The van der Waals surface area contributed by atoms with Crippen molar-refractivity contribution in [3.8, 4) is 5.75 Å². The van der Waals surface area contributed by atoms with E-state index in [1.807, 2.05) is 6.92 Å². The average molecular weight is 400 g/mol.